The molecule has 2 aromatic carbocycles. The number of benzene rings is 2. The molecule has 0 heterocycles. The number of hydrogen-bond acceptors (Lipinski definition) is 3. The van der Waals surface area contributed by atoms with E-state index in [2.05, 4.69) is 0 Å². The summed E-state index contributed by atoms with van der Waals surface area (Å²) in [5.41, 5.74) is 6.65. The van der Waals surface area contributed by atoms with Crippen LogP contribution in [0.4, 0.5) is 0 Å². The van der Waals surface area contributed by atoms with Gasteiger partial charge in [0.1, 0.15) is 17.2 Å². The summed E-state index contributed by atoms with van der Waals surface area (Å²) in [6.45, 7) is 0.588. The first kappa shape index (κ1) is 12.5. The van der Waals surface area contributed by atoms with Crippen LogP contribution < -0.4 is 15.2 Å². The Balaban J connectivity index is 2.21. The van der Waals surface area contributed by atoms with Crippen molar-refractivity contribution in [3.8, 4) is 17.2 Å². The highest BCUT2D eigenvalue weighted by atomic mass is 16.5. The van der Waals surface area contributed by atoms with Crippen molar-refractivity contribution in [1.82, 2.24) is 0 Å². The third kappa shape index (κ3) is 3.02. The van der Waals surface area contributed by atoms with E-state index in [4.69, 9.17) is 15.2 Å². The smallest absolute Gasteiger partial charge is 0.127 e. The summed E-state index contributed by atoms with van der Waals surface area (Å²) in [5, 5.41) is 0. The maximum Gasteiger partial charge on any atom is 0.127 e. The Labute approximate surface area is 107 Å². The molecule has 0 fully saturated rings. The van der Waals surface area contributed by atoms with Gasteiger partial charge in [0.25, 0.3) is 0 Å². The summed E-state index contributed by atoms with van der Waals surface area (Å²) in [5.74, 6) is 2.47. The summed E-state index contributed by atoms with van der Waals surface area (Å²) < 4.78 is 11.1. The Hall–Kier alpha value is -2.00. The molecule has 0 spiro atoms. The number of ether oxygens (including phenoxy) is 2. The number of para-hydroxylation sites is 1. The van der Waals surface area contributed by atoms with Crippen LogP contribution in [0.2, 0.25) is 0 Å². The molecule has 18 heavy (non-hydrogen) atoms. The summed E-state index contributed by atoms with van der Waals surface area (Å²) in [7, 11) is 1.66. The van der Waals surface area contributed by atoms with Gasteiger partial charge in [0.05, 0.1) is 7.11 Å². The van der Waals surface area contributed by atoms with Gasteiger partial charge in [-0.15, -0.1) is 0 Å². The largest absolute Gasteiger partial charge is 0.496 e. The molecule has 0 aliphatic heterocycles. The molecule has 2 rings (SSSR count). The van der Waals surface area contributed by atoms with Crippen LogP contribution in [0, 0.1) is 0 Å². The van der Waals surface area contributed by atoms with E-state index < -0.39 is 0 Å². The fourth-order valence-corrected chi connectivity index (χ4v) is 1.79. The summed E-state index contributed by atoms with van der Waals surface area (Å²) in [6, 6.07) is 15.5. The number of rotatable bonds is 5. The van der Waals surface area contributed by atoms with Crippen molar-refractivity contribution in [1.29, 1.82) is 0 Å². The van der Waals surface area contributed by atoms with Crippen molar-refractivity contribution < 1.29 is 9.47 Å². The Morgan fingerprint density at radius 2 is 1.78 bits per heavy atom. The lowest BCUT2D eigenvalue weighted by Crippen LogP contribution is -2.04. The van der Waals surface area contributed by atoms with Gasteiger partial charge in [0, 0.05) is 0 Å². The summed E-state index contributed by atoms with van der Waals surface area (Å²) >= 11 is 0. The molecule has 0 radical (unpaired) electrons. The molecule has 0 aromatic heterocycles. The maximum atomic E-state index is 5.77. The number of methoxy groups -OCH3 is 1. The molecule has 3 nitrogen and oxygen atoms in total. The highest BCUT2D eigenvalue weighted by Gasteiger charge is 2.05. The van der Waals surface area contributed by atoms with Crippen LogP contribution in [-0.4, -0.2) is 13.7 Å². The van der Waals surface area contributed by atoms with Gasteiger partial charge >= 0.3 is 0 Å². The minimum Gasteiger partial charge on any atom is -0.496 e. The van der Waals surface area contributed by atoms with E-state index in [0.29, 0.717) is 6.54 Å². The van der Waals surface area contributed by atoms with Gasteiger partial charge in [-0.3, -0.25) is 0 Å². The molecule has 0 aliphatic carbocycles. The monoisotopic (exact) mass is 243 g/mol. The Kier molecular flexibility index (Phi) is 4.20. The number of hydrogen-bond donors (Lipinski definition) is 1. The molecule has 2 aromatic rings. The minimum absolute atomic E-state index is 0.588. The van der Waals surface area contributed by atoms with Crippen LogP contribution in [0.25, 0.3) is 0 Å². The fraction of sp³-hybridized carbons (Fsp3) is 0.200. The fourth-order valence-electron chi connectivity index (χ4n) is 1.79. The van der Waals surface area contributed by atoms with Crippen molar-refractivity contribution in [2.75, 3.05) is 13.7 Å². The topological polar surface area (TPSA) is 44.5 Å². The van der Waals surface area contributed by atoms with Crippen molar-refractivity contribution in [3.05, 3.63) is 54.1 Å². The molecular weight excluding hydrogens is 226 g/mol. The van der Waals surface area contributed by atoms with E-state index in [0.717, 1.165) is 29.2 Å². The van der Waals surface area contributed by atoms with Crippen LogP contribution >= 0.6 is 0 Å². The molecule has 0 unspecified atom stereocenters. The predicted molar refractivity (Wildman–Crippen MR) is 72.3 cm³/mol. The van der Waals surface area contributed by atoms with Crippen LogP contribution in [0.3, 0.4) is 0 Å². The zero-order chi connectivity index (χ0) is 12.8. The lowest BCUT2D eigenvalue weighted by molar-refractivity contribution is 0.407. The average molecular weight is 243 g/mol. The first-order valence-electron chi connectivity index (χ1n) is 5.93. The van der Waals surface area contributed by atoms with E-state index in [1.165, 1.54) is 0 Å². The Morgan fingerprint density at radius 3 is 2.44 bits per heavy atom. The summed E-state index contributed by atoms with van der Waals surface area (Å²) in [6.07, 6.45) is 0.773. The molecule has 0 aliphatic rings. The van der Waals surface area contributed by atoms with E-state index in [1.54, 1.807) is 7.11 Å². The highest BCUT2D eigenvalue weighted by Crippen LogP contribution is 2.27. The van der Waals surface area contributed by atoms with E-state index in [-0.39, 0.29) is 0 Å². The quantitative estimate of drug-likeness (QED) is 0.878. The molecule has 0 saturated carbocycles. The normalized spacial score (nSPS) is 10.1. The molecule has 2 N–H and O–H groups in total. The molecule has 0 saturated heterocycles. The molecular formula is C15H17NO2. The van der Waals surface area contributed by atoms with Crippen LogP contribution in [-0.2, 0) is 6.42 Å². The van der Waals surface area contributed by atoms with Gasteiger partial charge in [-0.2, -0.15) is 0 Å². The van der Waals surface area contributed by atoms with Gasteiger partial charge in [-0.25, -0.2) is 0 Å². The van der Waals surface area contributed by atoms with Gasteiger partial charge in [0.2, 0.25) is 0 Å². The lowest BCUT2D eigenvalue weighted by atomic mass is 10.1. The first-order valence-corrected chi connectivity index (χ1v) is 5.93. The third-order valence-electron chi connectivity index (χ3n) is 2.64. The number of nitrogens with two attached hydrogens (primary N) is 1. The predicted octanol–water partition coefficient (Wildman–Crippen LogP) is 2.99. The Bertz CT molecular complexity index is 497. The van der Waals surface area contributed by atoms with E-state index in [1.807, 2.05) is 48.5 Å². The second-order valence-electron chi connectivity index (χ2n) is 3.93. The zero-order valence-electron chi connectivity index (χ0n) is 10.4. The molecule has 3 heteroatoms. The molecule has 0 atom stereocenters. The van der Waals surface area contributed by atoms with E-state index in [9.17, 15) is 0 Å². The standard InChI is InChI=1S/C15H17NO2/c1-17-15-8-7-14(11-12(15)9-10-16)18-13-5-3-2-4-6-13/h2-8,11H,9-10,16H2,1H3. The second kappa shape index (κ2) is 6.07. The van der Waals surface area contributed by atoms with Gasteiger partial charge in [-0.05, 0) is 48.9 Å². The highest BCUT2D eigenvalue weighted by molar-refractivity contribution is 5.42. The van der Waals surface area contributed by atoms with Gasteiger partial charge in [-0.1, -0.05) is 18.2 Å². The van der Waals surface area contributed by atoms with Crippen molar-refractivity contribution in [2.24, 2.45) is 5.73 Å². The zero-order valence-corrected chi connectivity index (χ0v) is 10.4. The van der Waals surface area contributed by atoms with Crippen LogP contribution in [0.1, 0.15) is 5.56 Å². The lowest BCUT2D eigenvalue weighted by Gasteiger charge is -2.11. The van der Waals surface area contributed by atoms with Gasteiger partial charge in [0.15, 0.2) is 0 Å². The van der Waals surface area contributed by atoms with Crippen molar-refractivity contribution >= 4 is 0 Å². The van der Waals surface area contributed by atoms with Crippen LogP contribution in [0.15, 0.2) is 48.5 Å². The molecule has 94 valence electrons. The minimum atomic E-state index is 0.588. The first-order chi connectivity index (χ1) is 8.83. The SMILES string of the molecule is COc1ccc(Oc2ccccc2)cc1CCN. The maximum absolute atomic E-state index is 5.77. The van der Waals surface area contributed by atoms with Crippen molar-refractivity contribution in [2.45, 2.75) is 6.42 Å². The summed E-state index contributed by atoms with van der Waals surface area (Å²) in [4.78, 5) is 0. The van der Waals surface area contributed by atoms with Crippen LogP contribution in [0.5, 0.6) is 17.2 Å². The van der Waals surface area contributed by atoms with Crippen molar-refractivity contribution in [3.63, 3.8) is 0 Å². The Morgan fingerprint density at radius 1 is 1.00 bits per heavy atom. The van der Waals surface area contributed by atoms with E-state index >= 15 is 0 Å². The molecule has 0 amide bonds. The van der Waals surface area contributed by atoms with Gasteiger partial charge < -0.3 is 15.2 Å². The second-order valence-corrected chi connectivity index (χ2v) is 3.93. The average Bonchev–Trinajstić information content (AvgIpc) is 2.41. The third-order valence-corrected chi connectivity index (χ3v) is 2.64. The molecule has 0 bridgehead atoms.